The predicted octanol–water partition coefficient (Wildman–Crippen LogP) is 1.58. The van der Waals surface area contributed by atoms with Gasteiger partial charge in [-0.3, -0.25) is 9.59 Å². The molecule has 2 aromatic rings. The zero-order valence-electron chi connectivity index (χ0n) is 14.8. The second kappa shape index (κ2) is 7.83. The van der Waals surface area contributed by atoms with Gasteiger partial charge in [0.15, 0.2) is 6.61 Å². The minimum absolute atomic E-state index is 0.206. The number of amides is 2. The van der Waals surface area contributed by atoms with E-state index in [-0.39, 0.29) is 5.69 Å². The number of benzene rings is 1. The monoisotopic (exact) mass is 359 g/mol. The smallest absolute Gasteiger partial charge is 0.355 e. The fourth-order valence-electron chi connectivity index (χ4n) is 2.71. The van der Waals surface area contributed by atoms with E-state index in [0.717, 1.165) is 0 Å². The molecule has 0 saturated heterocycles. The number of anilines is 1. The van der Waals surface area contributed by atoms with E-state index in [1.54, 1.807) is 20.8 Å². The van der Waals surface area contributed by atoms with Gasteiger partial charge in [-0.05, 0) is 50.6 Å². The second-order valence-electron chi connectivity index (χ2n) is 5.91. The Labute approximate surface area is 150 Å². The number of esters is 1. The minimum Gasteiger partial charge on any atom is -0.451 e. The molecule has 8 nitrogen and oxygen atoms in total. The van der Waals surface area contributed by atoms with Gasteiger partial charge in [0.2, 0.25) is 5.91 Å². The number of ether oxygens (including phenoxy) is 1. The lowest BCUT2D eigenvalue weighted by molar-refractivity contribution is -0.119. The van der Waals surface area contributed by atoms with Crippen molar-refractivity contribution in [1.29, 1.82) is 0 Å². The predicted molar refractivity (Wildman–Crippen MR) is 94.8 cm³/mol. The van der Waals surface area contributed by atoms with Gasteiger partial charge in [0.05, 0.1) is 6.10 Å². The summed E-state index contributed by atoms with van der Waals surface area (Å²) in [6, 6.07) is 6.00. The molecule has 0 aliphatic rings. The Kier molecular flexibility index (Phi) is 5.78. The van der Waals surface area contributed by atoms with Crippen LogP contribution in [-0.2, 0) is 9.53 Å². The molecule has 2 amide bonds. The SMILES string of the molecule is Cc1[nH]c(C(=O)OCC(=O)Nc2ccc(C(N)=O)cc2)c(C)c1[C@H](C)O. The molecular formula is C18H21N3O5. The first kappa shape index (κ1) is 19.2. The summed E-state index contributed by atoms with van der Waals surface area (Å²) in [7, 11) is 0. The van der Waals surface area contributed by atoms with Gasteiger partial charge in [0.25, 0.3) is 5.91 Å². The van der Waals surface area contributed by atoms with Crippen molar-refractivity contribution in [3.8, 4) is 0 Å². The number of nitrogens with two attached hydrogens (primary N) is 1. The first-order valence-electron chi connectivity index (χ1n) is 7.94. The second-order valence-corrected chi connectivity index (χ2v) is 5.91. The number of primary amides is 1. The summed E-state index contributed by atoms with van der Waals surface area (Å²) in [5, 5.41) is 12.3. The number of carbonyl (C=O) groups is 3. The summed E-state index contributed by atoms with van der Waals surface area (Å²) >= 11 is 0. The molecule has 8 heteroatoms. The maximum Gasteiger partial charge on any atom is 0.355 e. The van der Waals surface area contributed by atoms with Gasteiger partial charge >= 0.3 is 5.97 Å². The average Bonchev–Trinajstić information content (AvgIpc) is 2.87. The molecule has 0 fully saturated rings. The summed E-state index contributed by atoms with van der Waals surface area (Å²) in [6.07, 6.45) is -0.723. The molecule has 2 rings (SSSR count). The van der Waals surface area contributed by atoms with Gasteiger partial charge in [-0.1, -0.05) is 0 Å². The Hall–Kier alpha value is -3.13. The lowest BCUT2D eigenvalue weighted by atomic mass is 10.1. The Morgan fingerprint density at radius 2 is 1.85 bits per heavy atom. The van der Waals surface area contributed by atoms with Crippen LogP contribution in [0.25, 0.3) is 0 Å². The Morgan fingerprint density at radius 3 is 2.35 bits per heavy atom. The van der Waals surface area contributed by atoms with Gasteiger partial charge in [-0.2, -0.15) is 0 Å². The summed E-state index contributed by atoms with van der Waals surface area (Å²) in [6.45, 7) is 4.57. The molecule has 0 saturated carbocycles. The van der Waals surface area contributed by atoms with Gasteiger partial charge < -0.3 is 25.9 Å². The van der Waals surface area contributed by atoms with Crippen molar-refractivity contribution in [3.05, 3.63) is 52.3 Å². The quantitative estimate of drug-likeness (QED) is 0.581. The Balaban J connectivity index is 1.96. The normalized spacial score (nSPS) is 11.7. The van der Waals surface area contributed by atoms with E-state index in [4.69, 9.17) is 10.5 Å². The van der Waals surface area contributed by atoms with Crippen LogP contribution >= 0.6 is 0 Å². The maximum absolute atomic E-state index is 12.2. The molecule has 5 N–H and O–H groups in total. The highest BCUT2D eigenvalue weighted by atomic mass is 16.5. The van der Waals surface area contributed by atoms with Crippen LogP contribution in [0.2, 0.25) is 0 Å². The largest absolute Gasteiger partial charge is 0.451 e. The molecule has 0 radical (unpaired) electrons. The van der Waals surface area contributed by atoms with Crippen LogP contribution in [0.5, 0.6) is 0 Å². The molecule has 0 aliphatic heterocycles. The van der Waals surface area contributed by atoms with Crippen molar-refractivity contribution >= 4 is 23.5 Å². The number of aromatic nitrogens is 1. The van der Waals surface area contributed by atoms with Crippen molar-refractivity contribution in [2.75, 3.05) is 11.9 Å². The summed E-state index contributed by atoms with van der Waals surface area (Å²) in [5.41, 5.74) is 8.00. The topological polar surface area (TPSA) is 135 Å². The molecule has 0 bridgehead atoms. The van der Waals surface area contributed by atoms with Crippen LogP contribution in [0.15, 0.2) is 24.3 Å². The third-order valence-corrected chi connectivity index (χ3v) is 3.90. The standard InChI is InChI=1S/C18H21N3O5/c1-9-15(11(3)22)10(2)20-16(9)18(25)26-8-14(23)21-13-6-4-12(5-7-13)17(19)24/h4-7,11,20,22H,8H2,1-3H3,(H2,19,24)(H,21,23)/t11-/m0/s1. The number of aliphatic hydroxyl groups excluding tert-OH is 1. The van der Waals surface area contributed by atoms with Crippen molar-refractivity contribution in [3.63, 3.8) is 0 Å². The van der Waals surface area contributed by atoms with E-state index in [1.807, 2.05) is 0 Å². The molecule has 138 valence electrons. The van der Waals surface area contributed by atoms with Gasteiger partial charge in [0, 0.05) is 22.5 Å². The van der Waals surface area contributed by atoms with Crippen molar-refractivity contribution in [2.24, 2.45) is 5.73 Å². The molecule has 1 atom stereocenters. The lowest BCUT2D eigenvalue weighted by Gasteiger charge is -2.07. The van der Waals surface area contributed by atoms with Crippen molar-refractivity contribution in [2.45, 2.75) is 26.9 Å². The van der Waals surface area contributed by atoms with E-state index in [1.165, 1.54) is 24.3 Å². The highest BCUT2D eigenvalue weighted by Crippen LogP contribution is 2.24. The Bertz CT molecular complexity index is 837. The van der Waals surface area contributed by atoms with Crippen LogP contribution in [0, 0.1) is 13.8 Å². The molecular weight excluding hydrogens is 338 g/mol. The first-order valence-corrected chi connectivity index (χ1v) is 7.94. The van der Waals surface area contributed by atoms with E-state index in [0.29, 0.717) is 28.1 Å². The van der Waals surface area contributed by atoms with E-state index in [9.17, 15) is 19.5 Å². The fourth-order valence-corrected chi connectivity index (χ4v) is 2.71. The van der Waals surface area contributed by atoms with E-state index >= 15 is 0 Å². The number of nitrogens with one attached hydrogen (secondary N) is 2. The first-order chi connectivity index (χ1) is 12.2. The summed E-state index contributed by atoms with van der Waals surface area (Å²) in [5.74, 6) is -1.77. The number of aliphatic hydroxyl groups is 1. The highest BCUT2D eigenvalue weighted by Gasteiger charge is 2.21. The number of hydrogen-bond donors (Lipinski definition) is 4. The number of hydrogen-bond acceptors (Lipinski definition) is 5. The number of aromatic amines is 1. The average molecular weight is 359 g/mol. The number of aryl methyl sites for hydroxylation is 1. The van der Waals surface area contributed by atoms with Crippen LogP contribution in [0.3, 0.4) is 0 Å². The van der Waals surface area contributed by atoms with E-state index in [2.05, 4.69) is 10.3 Å². The molecule has 1 aromatic carbocycles. The fraction of sp³-hybridized carbons (Fsp3) is 0.278. The van der Waals surface area contributed by atoms with Crippen molar-refractivity contribution in [1.82, 2.24) is 4.98 Å². The van der Waals surface area contributed by atoms with Gasteiger partial charge in [0.1, 0.15) is 5.69 Å². The molecule has 1 aromatic heterocycles. The maximum atomic E-state index is 12.2. The molecule has 1 heterocycles. The van der Waals surface area contributed by atoms with Gasteiger partial charge in [-0.25, -0.2) is 4.79 Å². The summed E-state index contributed by atoms with van der Waals surface area (Å²) < 4.78 is 5.01. The molecule has 26 heavy (non-hydrogen) atoms. The zero-order chi connectivity index (χ0) is 19.4. The van der Waals surface area contributed by atoms with Gasteiger partial charge in [-0.15, -0.1) is 0 Å². The third kappa shape index (κ3) is 4.28. The highest BCUT2D eigenvalue weighted by molar-refractivity contribution is 5.96. The van der Waals surface area contributed by atoms with Crippen LogP contribution in [-0.4, -0.2) is 34.5 Å². The number of H-pyrrole nitrogens is 1. The van der Waals surface area contributed by atoms with Crippen LogP contribution in [0.1, 0.15) is 50.7 Å². The number of rotatable bonds is 6. The van der Waals surface area contributed by atoms with Crippen molar-refractivity contribution < 1.29 is 24.2 Å². The Morgan fingerprint density at radius 1 is 1.23 bits per heavy atom. The van der Waals surface area contributed by atoms with Crippen LogP contribution in [0.4, 0.5) is 5.69 Å². The minimum atomic E-state index is -0.723. The summed E-state index contributed by atoms with van der Waals surface area (Å²) in [4.78, 5) is 37.9. The number of carbonyl (C=O) groups excluding carboxylic acids is 3. The zero-order valence-corrected chi connectivity index (χ0v) is 14.8. The lowest BCUT2D eigenvalue weighted by Crippen LogP contribution is -2.21. The molecule has 0 spiro atoms. The van der Waals surface area contributed by atoms with Crippen LogP contribution < -0.4 is 11.1 Å². The van der Waals surface area contributed by atoms with E-state index < -0.39 is 30.5 Å². The third-order valence-electron chi connectivity index (χ3n) is 3.90. The molecule has 0 aliphatic carbocycles. The molecule has 0 unspecified atom stereocenters.